The van der Waals surface area contributed by atoms with Crippen molar-refractivity contribution in [3.8, 4) is 0 Å². The average molecular weight is 174 g/mol. The van der Waals surface area contributed by atoms with Crippen molar-refractivity contribution >= 4 is 12.1 Å². The average Bonchev–Trinajstić information content (AvgIpc) is 1.35. The molecule has 0 rings (SSSR count). The SMILES string of the molecule is CC(=O)C[C-]=O.[Y]. The maximum atomic E-state index is 9.78. The fourth-order valence-electron chi connectivity index (χ4n) is 0.102. The van der Waals surface area contributed by atoms with E-state index >= 15 is 0 Å². The van der Waals surface area contributed by atoms with Crippen molar-refractivity contribution < 1.29 is 42.3 Å². The zero-order valence-electron chi connectivity index (χ0n) is 4.10. The van der Waals surface area contributed by atoms with Gasteiger partial charge in [-0.15, -0.1) is 0 Å². The summed E-state index contributed by atoms with van der Waals surface area (Å²) >= 11 is 0. The fourth-order valence-corrected chi connectivity index (χ4v) is 0.102. The normalized spacial score (nSPS) is 6.43. The molecule has 0 aliphatic heterocycles. The Bertz CT molecular complexity index is 70.1. The smallest absolute Gasteiger partial charge is 0.103 e. The number of Topliss-reactive ketones (excluding diaryl/α,β-unsaturated/α-hetero) is 1. The summed E-state index contributed by atoms with van der Waals surface area (Å²) in [5, 5.41) is 0. The van der Waals surface area contributed by atoms with E-state index in [2.05, 4.69) is 0 Å². The maximum absolute atomic E-state index is 9.78. The van der Waals surface area contributed by atoms with Gasteiger partial charge in [-0.05, 0) is 6.92 Å². The van der Waals surface area contributed by atoms with Crippen LogP contribution in [0.2, 0.25) is 0 Å². The molecule has 0 saturated carbocycles. The van der Waals surface area contributed by atoms with Gasteiger partial charge in [0.15, 0.2) is 0 Å². The number of rotatable bonds is 2. The molecular weight excluding hydrogens is 169 g/mol. The van der Waals surface area contributed by atoms with Crippen LogP contribution in [0.25, 0.3) is 0 Å². The van der Waals surface area contributed by atoms with E-state index in [0.717, 1.165) is 0 Å². The molecule has 3 heteroatoms. The van der Waals surface area contributed by atoms with Crippen molar-refractivity contribution in [3.05, 3.63) is 0 Å². The van der Waals surface area contributed by atoms with E-state index < -0.39 is 0 Å². The van der Waals surface area contributed by atoms with Crippen LogP contribution in [0.15, 0.2) is 0 Å². The molecule has 0 unspecified atom stereocenters. The van der Waals surface area contributed by atoms with Crippen LogP contribution in [0.3, 0.4) is 0 Å². The number of carbonyl (C=O) groups is 1. The Morgan fingerprint density at radius 1 is 1.71 bits per heavy atom. The van der Waals surface area contributed by atoms with Gasteiger partial charge in [-0.1, -0.05) is 6.42 Å². The first kappa shape index (κ1) is 10.4. The van der Waals surface area contributed by atoms with Crippen molar-refractivity contribution in [1.29, 1.82) is 0 Å². The molecule has 7 heavy (non-hydrogen) atoms. The van der Waals surface area contributed by atoms with Gasteiger partial charge in [0.05, 0.1) is 0 Å². The first-order valence-electron chi connectivity index (χ1n) is 1.62. The van der Waals surface area contributed by atoms with E-state index in [9.17, 15) is 9.59 Å². The summed E-state index contributed by atoms with van der Waals surface area (Å²) in [5.41, 5.74) is 0. The van der Waals surface area contributed by atoms with Crippen LogP contribution in [0.5, 0.6) is 0 Å². The molecule has 0 saturated heterocycles. The molecule has 1 radical (unpaired) electrons. The van der Waals surface area contributed by atoms with Crippen LogP contribution in [0.4, 0.5) is 0 Å². The Labute approximate surface area is 67.5 Å². The quantitative estimate of drug-likeness (QED) is 0.438. The van der Waals surface area contributed by atoms with Gasteiger partial charge >= 0.3 is 0 Å². The van der Waals surface area contributed by atoms with Crippen molar-refractivity contribution in [2.75, 3.05) is 0 Å². The summed E-state index contributed by atoms with van der Waals surface area (Å²) in [6, 6.07) is 0. The molecule has 0 aliphatic carbocycles. The molecule has 0 aromatic heterocycles. The minimum absolute atomic E-state index is 0. The predicted molar refractivity (Wildman–Crippen MR) is 21.0 cm³/mol. The molecule has 0 heterocycles. The number of hydrogen-bond acceptors (Lipinski definition) is 2. The Morgan fingerprint density at radius 2 is 2.14 bits per heavy atom. The van der Waals surface area contributed by atoms with E-state index in [-0.39, 0.29) is 44.9 Å². The Kier molecular flexibility index (Phi) is 9.60. The molecule has 0 fully saturated rings. The van der Waals surface area contributed by atoms with Crippen LogP contribution in [-0.4, -0.2) is 12.1 Å². The molecule has 0 aromatic carbocycles. The van der Waals surface area contributed by atoms with Crippen molar-refractivity contribution in [2.45, 2.75) is 13.3 Å². The van der Waals surface area contributed by atoms with E-state index in [1.165, 1.54) is 13.2 Å². The molecular formula is C4H5O2Y-. The third-order valence-corrected chi connectivity index (χ3v) is 0.321. The van der Waals surface area contributed by atoms with Gasteiger partial charge < -0.3 is 9.59 Å². The van der Waals surface area contributed by atoms with Gasteiger partial charge in [0.1, 0.15) is 5.78 Å². The number of hydrogen-bond donors (Lipinski definition) is 0. The summed E-state index contributed by atoms with van der Waals surface area (Å²) < 4.78 is 0. The molecule has 0 amide bonds. The van der Waals surface area contributed by atoms with Crippen LogP contribution in [0, 0.1) is 0 Å². The topological polar surface area (TPSA) is 34.1 Å². The molecule has 37 valence electrons. The van der Waals surface area contributed by atoms with Crippen LogP contribution in [-0.2, 0) is 42.3 Å². The molecule has 2 nitrogen and oxygen atoms in total. The van der Waals surface area contributed by atoms with Crippen molar-refractivity contribution in [3.63, 3.8) is 0 Å². The summed E-state index contributed by atoms with van der Waals surface area (Å²) in [7, 11) is 0. The van der Waals surface area contributed by atoms with E-state index in [1.807, 2.05) is 0 Å². The maximum Gasteiger partial charge on any atom is 0.103 e. The number of ketones is 1. The second-order valence-electron chi connectivity index (χ2n) is 1.02. The van der Waals surface area contributed by atoms with E-state index in [0.29, 0.717) is 0 Å². The van der Waals surface area contributed by atoms with Crippen LogP contribution >= 0.6 is 0 Å². The first-order chi connectivity index (χ1) is 2.77. The van der Waals surface area contributed by atoms with Gasteiger partial charge in [-0.3, -0.25) is 6.29 Å². The first-order valence-corrected chi connectivity index (χ1v) is 1.62. The fraction of sp³-hybridized carbons (Fsp3) is 0.500. The summed E-state index contributed by atoms with van der Waals surface area (Å²) in [5.74, 6) is -0.134. The molecule has 0 N–H and O–H groups in total. The standard InChI is InChI=1S/C4H5O2.Y/c1-4(6)2-3-5;/h2H2,1H3;/q-1;. The van der Waals surface area contributed by atoms with Crippen LogP contribution in [0.1, 0.15) is 13.3 Å². The van der Waals surface area contributed by atoms with Gasteiger partial charge in [-0.25, -0.2) is 0 Å². The van der Waals surface area contributed by atoms with Crippen molar-refractivity contribution in [2.24, 2.45) is 0 Å². The molecule has 0 bridgehead atoms. The molecule has 0 spiro atoms. The molecule has 0 atom stereocenters. The third kappa shape index (κ3) is 10.7. The van der Waals surface area contributed by atoms with E-state index in [4.69, 9.17) is 0 Å². The minimum atomic E-state index is -0.134. The summed E-state index contributed by atoms with van der Waals surface area (Å²) in [4.78, 5) is 19.1. The molecule has 0 aromatic rings. The monoisotopic (exact) mass is 174 g/mol. The zero-order chi connectivity index (χ0) is 4.99. The summed E-state index contributed by atoms with van der Waals surface area (Å²) in [6.07, 6.45) is 1.40. The van der Waals surface area contributed by atoms with Gasteiger partial charge in [0, 0.05) is 32.7 Å². The van der Waals surface area contributed by atoms with Gasteiger partial charge in [0.25, 0.3) is 0 Å². The Hall–Kier alpha value is 0.444. The Morgan fingerprint density at radius 3 is 2.14 bits per heavy atom. The summed E-state index contributed by atoms with van der Waals surface area (Å²) in [6.45, 7) is 1.35. The zero-order valence-corrected chi connectivity index (χ0v) is 6.94. The minimum Gasteiger partial charge on any atom is -0.541 e. The van der Waals surface area contributed by atoms with Crippen molar-refractivity contribution in [1.82, 2.24) is 0 Å². The molecule has 0 aliphatic rings. The van der Waals surface area contributed by atoms with Gasteiger partial charge in [-0.2, -0.15) is 0 Å². The largest absolute Gasteiger partial charge is 0.541 e. The number of carbonyl (C=O) groups excluding carboxylic acids is 2. The Balaban J connectivity index is 0. The second-order valence-corrected chi connectivity index (χ2v) is 1.02. The third-order valence-electron chi connectivity index (χ3n) is 0.321. The van der Waals surface area contributed by atoms with Crippen LogP contribution < -0.4 is 0 Å². The van der Waals surface area contributed by atoms with Gasteiger partial charge in [0.2, 0.25) is 0 Å². The van der Waals surface area contributed by atoms with E-state index in [1.54, 1.807) is 0 Å². The second kappa shape index (κ2) is 6.44. The predicted octanol–water partition coefficient (Wildman–Crippen LogP) is 0.0727.